The van der Waals surface area contributed by atoms with Crippen molar-refractivity contribution in [1.82, 2.24) is 10.3 Å². The van der Waals surface area contributed by atoms with E-state index in [1.165, 1.54) is 6.07 Å². The highest BCUT2D eigenvalue weighted by Crippen LogP contribution is 2.31. The van der Waals surface area contributed by atoms with Gasteiger partial charge in [0, 0.05) is 9.77 Å². The SMILES string of the molecule is Cc1ccnc(C(C)C)c1NC(=O)NC(=O)c1cc(I)c(Br)c(F)c1Br. The topological polar surface area (TPSA) is 71.1 Å². The molecule has 2 aromatic rings. The van der Waals surface area contributed by atoms with E-state index in [9.17, 15) is 14.0 Å². The quantitative estimate of drug-likeness (QED) is 0.269. The maximum Gasteiger partial charge on any atom is 0.326 e. The van der Waals surface area contributed by atoms with E-state index in [1.54, 1.807) is 12.3 Å². The number of rotatable bonds is 3. The van der Waals surface area contributed by atoms with Crippen molar-refractivity contribution in [2.75, 3.05) is 5.32 Å². The number of aromatic nitrogens is 1. The van der Waals surface area contributed by atoms with E-state index in [1.807, 2.05) is 43.4 Å². The molecule has 0 saturated carbocycles. The molecule has 0 saturated heterocycles. The van der Waals surface area contributed by atoms with Crippen LogP contribution in [0, 0.1) is 16.3 Å². The smallest absolute Gasteiger partial charge is 0.306 e. The molecule has 0 aliphatic carbocycles. The second kappa shape index (κ2) is 8.75. The van der Waals surface area contributed by atoms with Gasteiger partial charge < -0.3 is 5.32 Å². The van der Waals surface area contributed by atoms with Crippen LogP contribution in [0.5, 0.6) is 0 Å². The zero-order valence-electron chi connectivity index (χ0n) is 14.1. The van der Waals surface area contributed by atoms with Crippen molar-refractivity contribution in [3.63, 3.8) is 0 Å². The van der Waals surface area contributed by atoms with E-state index in [0.29, 0.717) is 9.26 Å². The van der Waals surface area contributed by atoms with E-state index in [2.05, 4.69) is 47.5 Å². The molecule has 0 atom stereocenters. The van der Waals surface area contributed by atoms with Crippen LogP contribution < -0.4 is 10.6 Å². The minimum absolute atomic E-state index is 0.0180. The van der Waals surface area contributed by atoms with E-state index >= 15 is 0 Å². The summed E-state index contributed by atoms with van der Waals surface area (Å²) in [5.74, 6) is -1.23. The number of hydrogen-bond donors (Lipinski definition) is 2. The molecule has 138 valence electrons. The van der Waals surface area contributed by atoms with Crippen LogP contribution in [0.15, 0.2) is 27.3 Å². The fourth-order valence-corrected chi connectivity index (χ4v) is 3.85. The number of halogens is 4. The van der Waals surface area contributed by atoms with Gasteiger partial charge in [0.1, 0.15) is 0 Å². The Morgan fingerprint density at radius 1 is 1.27 bits per heavy atom. The lowest BCUT2D eigenvalue weighted by Gasteiger charge is -2.15. The summed E-state index contributed by atoms with van der Waals surface area (Å²) >= 11 is 8.06. The first-order chi connectivity index (χ1) is 12.1. The normalized spacial score (nSPS) is 10.8. The Kier molecular flexibility index (Phi) is 7.14. The molecule has 0 spiro atoms. The molecule has 0 fully saturated rings. The summed E-state index contributed by atoms with van der Waals surface area (Å²) in [4.78, 5) is 28.9. The molecule has 0 bridgehead atoms. The third-order valence-electron chi connectivity index (χ3n) is 3.55. The molecule has 5 nitrogen and oxygen atoms in total. The van der Waals surface area contributed by atoms with Crippen LogP contribution in [0.4, 0.5) is 14.9 Å². The van der Waals surface area contributed by atoms with Gasteiger partial charge in [-0.1, -0.05) is 13.8 Å². The molecular formula is C17H15Br2FIN3O2. The van der Waals surface area contributed by atoms with Crippen LogP contribution in [-0.4, -0.2) is 16.9 Å². The molecule has 1 aromatic carbocycles. The van der Waals surface area contributed by atoms with Crippen molar-refractivity contribution < 1.29 is 14.0 Å². The zero-order chi connectivity index (χ0) is 19.6. The van der Waals surface area contributed by atoms with Crippen molar-refractivity contribution in [2.45, 2.75) is 26.7 Å². The maximum atomic E-state index is 14.1. The Hall–Kier alpha value is -1.07. The van der Waals surface area contributed by atoms with Gasteiger partial charge in [0.25, 0.3) is 5.91 Å². The summed E-state index contributed by atoms with van der Waals surface area (Å²) in [6.07, 6.45) is 1.67. The van der Waals surface area contributed by atoms with Gasteiger partial charge in [0.05, 0.1) is 25.9 Å². The van der Waals surface area contributed by atoms with E-state index in [0.717, 1.165) is 11.3 Å². The Morgan fingerprint density at radius 2 is 1.92 bits per heavy atom. The predicted octanol–water partition coefficient (Wildman–Crippen LogP) is 5.74. The molecule has 0 radical (unpaired) electrons. The number of imide groups is 1. The van der Waals surface area contributed by atoms with Crippen LogP contribution in [-0.2, 0) is 0 Å². The highest BCUT2D eigenvalue weighted by Gasteiger charge is 2.21. The van der Waals surface area contributed by atoms with Gasteiger partial charge in [-0.25, -0.2) is 9.18 Å². The average molecular weight is 599 g/mol. The van der Waals surface area contributed by atoms with Gasteiger partial charge in [0.15, 0.2) is 5.82 Å². The summed E-state index contributed by atoms with van der Waals surface area (Å²) in [6, 6.07) is 2.54. The van der Waals surface area contributed by atoms with Gasteiger partial charge in [-0.05, 0) is 85.0 Å². The summed E-state index contributed by atoms with van der Waals surface area (Å²) in [7, 11) is 0. The highest BCUT2D eigenvalue weighted by molar-refractivity contribution is 14.1. The number of anilines is 1. The van der Waals surface area contributed by atoms with Gasteiger partial charge in [-0.15, -0.1) is 0 Å². The minimum Gasteiger partial charge on any atom is -0.306 e. The number of nitrogens with one attached hydrogen (secondary N) is 2. The molecule has 3 amide bonds. The van der Waals surface area contributed by atoms with Crippen molar-refractivity contribution in [3.8, 4) is 0 Å². The van der Waals surface area contributed by atoms with Crippen molar-refractivity contribution in [1.29, 1.82) is 0 Å². The van der Waals surface area contributed by atoms with Crippen molar-refractivity contribution >= 4 is 72.1 Å². The van der Waals surface area contributed by atoms with Crippen molar-refractivity contribution in [2.24, 2.45) is 0 Å². The standard InChI is InChI=1S/C17H15Br2FIN3O2/c1-7(2)14-15(8(3)4-5-22-14)23-17(26)24-16(25)9-6-10(21)12(19)13(20)11(9)18/h4-7H,1-3H3,(H2,23,24,25,26). The van der Waals surface area contributed by atoms with Crippen LogP contribution in [0.25, 0.3) is 0 Å². The number of benzene rings is 1. The number of carbonyl (C=O) groups is 2. The third kappa shape index (κ3) is 4.61. The number of urea groups is 1. The number of aryl methyl sites for hydroxylation is 1. The van der Waals surface area contributed by atoms with Crippen LogP contribution in [0.2, 0.25) is 0 Å². The number of hydrogen-bond acceptors (Lipinski definition) is 3. The van der Waals surface area contributed by atoms with Crippen molar-refractivity contribution in [3.05, 3.63) is 53.5 Å². The molecule has 26 heavy (non-hydrogen) atoms. The first-order valence-electron chi connectivity index (χ1n) is 7.54. The summed E-state index contributed by atoms with van der Waals surface area (Å²) in [6.45, 7) is 5.76. The number of pyridine rings is 1. The van der Waals surface area contributed by atoms with E-state index in [-0.39, 0.29) is 20.4 Å². The lowest BCUT2D eigenvalue weighted by atomic mass is 10.1. The third-order valence-corrected chi connectivity index (χ3v) is 6.69. The van der Waals surface area contributed by atoms with E-state index in [4.69, 9.17) is 0 Å². The van der Waals surface area contributed by atoms with Crippen LogP contribution >= 0.6 is 54.5 Å². The molecule has 9 heteroatoms. The maximum absolute atomic E-state index is 14.1. The molecule has 1 heterocycles. The minimum atomic E-state index is -0.716. The first-order valence-corrected chi connectivity index (χ1v) is 10.2. The van der Waals surface area contributed by atoms with Gasteiger partial charge in [0.2, 0.25) is 0 Å². The number of amides is 3. The fraction of sp³-hybridized carbons (Fsp3) is 0.235. The lowest BCUT2D eigenvalue weighted by Crippen LogP contribution is -2.35. The molecule has 1 aromatic heterocycles. The lowest BCUT2D eigenvalue weighted by molar-refractivity contribution is 0.0965. The molecule has 0 aliphatic rings. The number of nitrogens with zero attached hydrogens (tertiary/aromatic N) is 1. The zero-order valence-corrected chi connectivity index (χ0v) is 19.4. The molecule has 2 rings (SSSR count). The monoisotopic (exact) mass is 597 g/mol. The predicted molar refractivity (Wildman–Crippen MR) is 114 cm³/mol. The van der Waals surface area contributed by atoms with Gasteiger partial charge in [-0.2, -0.15) is 0 Å². The summed E-state index contributed by atoms with van der Waals surface area (Å²) in [5.41, 5.74) is 2.13. The second-order valence-corrected chi connectivity index (χ2v) is 8.55. The Bertz CT molecular complexity index is 891. The molecule has 0 aliphatic heterocycles. The second-order valence-electron chi connectivity index (χ2n) is 5.80. The average Bonchev–Trinajstić information content (AvgIpc) is 2.57. The highest BCUT2D eigenvalue weighted by atomic mass is 127. The van der Waals surface area contributed by atoms with Gasteiger partial charge in [-0.3, -0.25) is 15.1 Å². The molecule has 2 N–H and O–H groups in total. The fourth-order valence-electron chi connectivity index (χ4n) is 2.23. The van der Waals surface area contributed by atoms with E-state index < -0.39 is 17.8 Å². The Balaban J connectivity index is 2.23. The molecule has 0 unspecified atom stereocenters. The number of carbonyl (C=O) groups excluding carboxylic acids is 2. The first kappa shape index (κ1) is 21.2. The Labute approximate surface area is 180 Å². The molecular weight excluding hydrogens is 584 g/mol. The summed E-state index contributed by atoms with van der Waals surface area (Å²) < 4.78 is 14.8. The Morgan fingerprint density at radius 3 is 2.54 bits per heavy atom. The summed E-state index contributed by atoms with van der Waals surface area (Å²) in [5, 5.41) is 4.89. The largest absolute Gasteiger partial charge is 0.326 e. The van der Waals surface area contributed by atoms with Gasteiger partial charge >= 0.3 is 6.03 Å². The van der Waals surface area contributed by atoms with Crippen LogP contribution in [0.1, 0.15) is 41.4 Å². The van der Waals surface area contributed by atoms with Crippen LogP contribution in [0.3, 0.4) is 0 Å².